The summed E-state index contributed by atoms with van der Waals surface area (Å²) in [6.45, 7) is 0.470. The van der Waals surface area contributed by atoms with Crippen molar-refractivity contribution < 1.29 is 9.53 Å². The van der Waals surface area contributed by atoms with E-state index in [1.807, 2.05) is 36.4 Å². The maximum absolute atomic E-state index is 12.3. The lowest BCUT2D eigenvalue weighted by molar-refractivity contribution is 0.141. The summed E-state index contributed by atoms with van der Waals surface area (Å²) in [4.78, 5) is 18.4. The highest BCUT2D eigenvalue weighted by atomic mass is 16.6. The van der Waals surface area contributed by atoms with Crippen LogP contribution in [0.4, 0.5) is 10.5 Å². The minimum Gasteiger partial charge on any atom is -0.444 e. The number of pyridine rings is 1. The number of hydrogen-bond donors (Lipinski definition) is 1. The van der Waals surface area contributed by atoms with Crippen molar-refractivity contribution in [1.82, 2.24) is 20.4 Å². The Morgan fingerprint density at radius 2 is 2.00 bits per heavy atom. The van der Waals surface area contributed by atoms with Gasteiger partial charge in [0, 0.05) is 30.1 Å². The number of cyclic esters (lactones) is 1. The molecule has 0 spiro atoms. The lowest BCUT2D eigenvalue weighted by Crippen LogP contribution is -2.24. The average Bonchev–Trinajstić information content (AvgIpc) is 3.23. The van der Waals surface area contributed by atoms with E-state index in [1.54, 1.807) is 17.3 Å². The van der Waals surface area contributed by atoms with Crippen LogP contribution in [-0.4, -0.2) is 39.1 Å². The third-order valence-corrected chi connectivity index (χ3v) is 5.51. The predicted molar refractivity (Wildman–Crippen MR) is 104 cm³/mol. The largest absolute Gasteiger partial charge is 0.444 e. The van der Waals surface area contributed by atoms with Crippen LogP contribution in [0.15, 0.2) is 48.8 Å². The molecule has 0 bridgehead atoms. The molecule has 2 fully saturated rings. The van der Waals surface area contributed by atoms with Crippen LogP contribution in [0.5, 0.6) is 0 Å². The topological polar surface area (TPSA) is 108 Å². The van der Waals surface area contributed by atoms with Crippen molar-refractivity contribution in [1.29, 1.82) is 5.26 Å². The number of benzene rings is 1. The molecule has 1 N–H and O–H groups in total. The normalized spacial score (nSPS) is 19.6. The molecule has 0 radical (unpaired) electrons. The zero-order valence-corrected chi connectivity index (χ0v) is 15.6. The van der Waals surface area contributed by atoms with Gasteiger partial charge in [0.15, 0.2) is 0 Å². The van der Waals surface area contributed by atoms with E-state index in [4.69, 9.17) is 4.74 Å². The molecule has 8 heteroatoms. The summed E-state index contributed by atoms with van der Waals surface area (Å²) in [5.74, 6) is 0. The highest BCUT2D eigenvalue weighted by Crippen LogP contribution is 2.46. The molecule has 1 atom stereocenters. The molecule has 3 aromatic rings. The van der Waals surface area contributed by atoms with Gasteiger partial charge in [-0.15, -0.1) is 5.10 Å². The fraction of sp³-hybridized carbons (Fsp3) is 0.286. The highest BCUT2D eigenvalue weighted by Gasteiger charge is 2.46. The fourth-order valence-electron chi connectivity index (χ4n) is 3.63. The van der Waals surface area contributed by atoms with Crippen LogP contribution in [0.1, 0.15) is 24.2 Å². The minimum atomic E-state index is -0.374. The number of ether oxygens (including phenoxy) is 1. The third-order valence-electron chi connectivity index (χ3n) is 5.51. The molecule has 1 aromatic carbocycles. The Morgan fingerprint density at radius 1 is 1.21 bits per heavy atom. The monoisotopic (exact) mass is 386 g/mol. The molecule has 1 saturated heterocycles. The number of carbonyl (C=O) groups excluding carboxylic acids is 1. The van der Waals surface area contributed by atoms with Crippen LogP contribution in [0, 0.1) is 11.3 Å². The maximum atomic E-state index is 12.3. The van der Waals surface area contributed by atoms with Crippen LogP contribution in [-0.2, 0) is 16.6 Å². The van der Waals surface area contributed by atoms with Gasteiger partial charge in [-0.2, -0.15) is 5.26 Å². The number of amides is 1. The van der Waals surface area contributed by atoms with Gasteiger partial charge in [0.1, 0.15) is 6.10 Å². The zero-order valence-electron chi connectivity index (χ0n) is 15.6. The Bertz CT molecular complexity index is 1070. The Kier molecular flexibility index (Phi) is 4.02. The summed E-state index contributed by atoms with van der Waals surface area (Å²) >= 11 is 0. The van der Waals surface area contributed by atoms with Gasteiger partial charge in [0.2, 0.25) is 0 Å². The number of rotatable bonds is 5. The first-order valence-corrected chi connectivity index (χ1v) is 9.49. The molecule has 29 heavy (non-hydrogen) atoms. The summed E-state index contributed by atoms with van der Waals surface area (Å²) in [5, 5.41) is 19.6. The second-order valence-corrected chi connectivity index (χ2v) is 7.46. The molecule has 2 aliphatic rings. The van der Waals surface area contributed by atoms with E-state index in [9.17, 15) is 10.1 Å². The molecular weight excluding hydrogens is 368 g/mol. The van der Waals surface area contributed by atoms with Gasteiger partial charge in [-0.1, -0.05) is 23.4 Å². The maximum Gasteiger partial charge on any atom is 0.414 e. The number of nitrogens with zero attached hydrogens (tertiary/aromatic N) is 5. The lowest BCUT2D eigenvalue weighted by atomic mass is 10.0. The second-order valence-electron chi connectivity index (χ2n) is 7.46. The fourth-order valence-corrected chi connectivity index (χ4v) is 3.63. The molecule has 5 rings (SSSR count). The van der Waals surface area contributed by atoms with Crippen molar-refractivity contribution in [2.45, 2.75) is 30.8 Å². The first-order chi connectivity index (χ1) is 14.2. The number of nitrogens with one attached hydrogen (secondary N) is 1. The Morgan fingerprint density at radius 3 is 2.62 bits per heavy atom. The van der Waals surface area contributed by atoms with E-state index in [0.717, 1.165) is 41.0 Å². The van der Waals surface area contributed by atoms with Crippen molar-refractivity contribution in [2.24, 2.45) is 0 Å². The molecular formula is C21H18N6O2. The summed E-state index contributed by atoms with van der Waals surface area (Å²) in [6.07, 6.45) is 5.19. The molecule has 1 saturated carbocycles. The summed E-state index contributed by atoms with van der Waals surface area (Å²) in [7, 11) is 0. The minimum absolute atomic E-state index is 0.251. The zero-order chi connectivity index (χ0) is 19.8. The van der Waals surface area contributed by atoms with Crippen LogP contribution in [0.3, 0.4) is 0 Å². The first kappa shape index (κ1) is 17.4. The summed E-state index contributed by atoms with van der Waals surface area (Å²) in [6, 6.07) is 14.0. The van der Waals surface area contributed by atoms with Gasteiger partial charge in [-0.3, -0.25) is 15.0 Å². The standard InChI is InChI=1S/C21H18N6O2/c22-13-21(7-8-21)19-6-3-15(10-23-19)14-1-4-17(5-2-14)27-12-18(29-20(27)28)9-16-11-24-26-25-16/h1-6,10-11,18H,7-9,12H2,(H,24,25,26)/t18-/m1/s1. The van der Waals surface area contributed by atoms with Gasteiger partial charge in [-0.05, 0) is 36.6 Å². The summed E-state index contributed by atoms with van der Waals surface area (Å²) < 4.78 is 5.45. The van der Waals surface area contributed by atoms with Gasteiger partial charge in [0.25, 0.3) is 0 Å². The molecule has 0 unspecified atom stereocenters. The molecule has 1 amide bonds. The van der Waals surface area contributed by atoms with Crippen molar-refractivity contribution in [3.05, 3.63) is 60.2 Å². The van der Waals surface area contributed by atoms with E-state index < -0.39 is 0 Å². The van der Waals surface area contributed by atoms with Crippen LogP contribution < -0.4 is 4.90 Å². The van der Waals surface area contributed by atoms with Gasteiger partial charge >= 0.3 is 6.09 Å². The van der Waals surface area contributed by atoms with Crippen molar-refractivity contribution >= 4 is 11.8 Å². The number of nitriles is 1. The smallest absolute Gasteiger partial charge is 0.414 e. The lowest BCUT2D eigenvalue weighted by Gasteiger charge is -2.13. The number of aromatic amines is 1. The molecule has 3 heterocycles. The Hall–Kier alpha value is -3.73. The van der Waals surface area contributed by atoms with Gasteiger partial charge in [0.05, 0.1) is 29.4 Å². The van der Waals surface area contributed by atoms with E-state index in [2.05, 4.69) is 26.5 Å². The van der Waals surface area contributed by atoms with Crippen LogP contribution in [0.2, 0.25) is 0 Å². The predicted octanol–water partition coefficient (Wildman–Crippen LogP) is 2.99. The van der Waals surface area contributed by atoms with Gasteiger partial charge in [-0.25, -0.2) is 4.79 Å². The number of aromatic nitrogens is 4. The van der Waals surface area contributed by atoms with Gasteiger partial charge < -0.3 is 4.74 Å². The number of H-pyrrole nitrogens is 1. The third kappa shape index (κ3) is 3.21. The quantitative estimate of drug-likeness (QED) is 0.722. The Labute approximate surface area is 167 Å². The summed E-state index contributed by atoms with van der Waals surface area (Å²) in [5.41, 5.74) is 4.00. The number of anilines is 1. The van der Waals surface area contributed by atoms with Crippen LogP contribution >= 0.6 is 0 Å². The van der Waals surface area contributed by atoms with E-state index in [-0.39, 0.29) is 17.6 Å². The van der Waals surface area contributed by atoms with Crippen molar-refractivity contribution in [3.8, 4) is 17.2 Å². The van der Waals surface area contributed by atoms with Crippen LogP contribution in [0.25, 0.3) is 11.1 Å². The average molecular weight is 386 g/mol. The second kappa shape index (κ2) is 6.71. The number of carbonyl (C=O) groups is 1. The molecule has 1 aliphatic heterocycles. The van der Waals surface area contributed by atoms with E-state index >= 15 is 0 Å². The SMILES string of the molecule is N#CC1(c2ccc(-c3ccc(N4C[C@@H](Cc5c[nH]nn5)OC4=O)cc3)cn2)CC1. The molecule has 144 valence electrons. The molecule has 2 aromatic heterocycles. The van der Waals surface area contributed by atoms with E-state index in [1.165, 1.54) is 0 Å². The molecule has 8 nitrogen and oxygen atoms in total. The van der Waals surface area contributed by atoms with Crippen molar-refractivity contribution in [2.75, 3.05) is 11.4 Å². The number of hydrogen-bond acceptors (Lipinski definition) is 6. The first-order valence-electron chi connectivity index (χ1n) is 9.49. The molecule has 1 aliphatic carbocycles. The van der Waals surface area contributed by atoms with Crippen molar-refractivity contribution in [3.63, 3.8) is 0 Å². The highest BCUT2D eigenvalue weighted by molar-refractivity contribution is 5.90. The Balaban J connectivity index is 1.29. The van der Waals surface area contributed by atoms with E-state index in [0.29, 0.717) is 13.0 Å².